The van der Waals surface area contributed by atoms with Gasteiger partial charge in [0.05, 0.1) is 7.11 Å². The van der Waals surface area contributed by atoms with Gasteiger partial charge in [-0.2, -0.15) is 0 Å². The number of ether oxygens (including phenoxy) is 1. The van der Waals surface area contributed by atoms with E-state index >= 15 is 0 Å². The van der Waals surface area contributed by atoms with Gasteiger partial charge in [-0.05, 0) is 56.8 Å². The van der Waals surface area contributed by atoms with Crippen LogP contribution in [0.2, 0.25) is 0 Å². The highest BCUT2D eigenvalue weighted by Gasteiger charge is 2.11. The first-order valence-corrected chi connectivity index (χ1v) is 6.94. The quantitative estimate of drug-likeness (QED) is 0.796. The van der Waals surface area contributed by atoms with E-state index in [0.717, 1.165) is 12.2 Å². The number of aryl methyl sites for hydroxylation is 2. The lowest BCUT2D eigenvalue weighted by atomic mass is 9.98. The normalized spacial score (nSPS) is 12.5. The molecule has 1 atom stereocenters. The van der Waals surface area contributed by atoms with Crippen LogP contribution < -0.4 is 10.1 Å². The molecule has 0 radical (unpaired) electrons. The zero-order valence-electron chi connectivity index (χ0n) is 12.5. The first-order valence-electron chi connectivity index (χ1n) is 6.94. The molecule has 0 amide bonds. The van der Waals surface area contributed by atoms with E-state index in [-0.39, 0.29) is 0 Å². The summed E-state index contributed by atoms with van der Waals surface area (Å²) in [4.78, 5) is 0. The zero-order chi connectivity index (χ0) is 13.5. The van der Waals surface area contributed by atoms with Gasteiger partial charge in [-0.1, -0.05) is 25.5 Å². The fourth-order valence-electron chi connectivity index (χ4n) is 2.44. The van der Waals surface area contributed by atoms with E-state index < -0.39 is 0 Å². The van der Waals surface area contributed by atoms with Crippen molar-refractivity contribution in [2.45, 2.75) is 52.5 Å². The topological polar surface area (TPSA) is 21.3 Å². The minimum absolute atomic E-state index is 0.612. The van der Waals surface area contributed by atoms with Crippen LogP contribution in [0.15, 0.2) is 12.1 Å². The van der Waals surface area contributed by atoms with Gasteiger partial charge in [0.1, 0.15) is 5.75 Å². The van der Waals surface area contributed by atoms with Gasteiger partial charge >= 0.3 is 0 Å². The van der Waals surface area contributed by atoms with Gasteiger partial charge in [0.25, 0.3) is 0 Å². The Hall–Kier alpha value is -1.02. The Morgan fingerprint density at radius 3 is 2.50 bits per heavy atom. The molecule has 18 heavy (non-hydrogen) atoms. The van der Waals surface area contributed by atoms with Crippen molar-refractivity contribution >= 4 is 0 Å². The molecule has 2 nitrogen and oxygen atoms in total. The fraction of sp³-hybridized carbons (Fsp3) is 0.625. The summed E-state index contributed by atoms with van der Waals surface area (Å²) in [5.74, 6) is 1.07. The lowest BCUT2D eigenvalue weighted by molar-refractivity contribution is 0.402. The van der Waals surface area contributed by atoms with Crippen molar-refractivity contribution in [3.63, 3.8) is 0 Å². The first-order chi connectivity index (χ1) is 8.63. The van der Waals surface area contributed by atoms with Gasteiger partial charge in [0.2, 0.25) is 0 Å². The molecule has 2 heteroatoms. The largest absolute Gasteiger partial charge is 0.496 e. The number of methoxy groups -OCH3 is 1. The molecule has 0 heterocycles. The first kappa shape index (κ1) is 15.0. The van der Waals surface area contributed by atoms with Crippen LogP contribution in [0.3, 0.4) is 0 Å². The van der Waals surface area contributed by atoms with E-state index in [1.807, 2.05) is 0 Å². The standard InChI is InChI=1S/C16H27NO/c1-6-7-15(17-4)11-10-14-9-8-12(2)13(3)16(14)18-5/h8-9,15,17H,6-7,10-11H2,1-5H3. The average molecular weight is 249 g/mol. The SMILES string of the molecule is CCCC(CCc1ccc(C)c(C)c1OC)NC. The second kappa shape index (κ2) is 7.42. The summed E-state index contributed by atoms with van der Waals surface area (Å²) in [6, 6.07) is 5.02. The maximum atomic E-state index is 5.56. The summed E-state index contributed by atoms with van der Waals surface area (Å²) in [5, 5.41) is 3.40. The van der Waals surface area contributed by atoms with Crippen LogP contribution in [0.25, 0.3) is 0 Å². The Kier molecular flexibility index (Phi) is 6.20. The molecule has 0 aliphatic heterocycles. The van der Waals surface area contributed by atoms with Crippen LogP contribution in [0.4, 0.5) is 0 Å². The molecule has 0 aliphatic carbocycles. The molecule has 1 aromatic carbocycles. The van der Waals surface area contributed by atoms with Gasteiger partial charge in [-0.25, -0.2) is 0 Å². The van der Waals surface area contributed by atoms with Crippen LogP contribution in [0.5, 0.6) is 5.75 Å². The predicted octanol–water partition coefficient (Wildman–Crippen LogP) is 3.63. The maximum absolute atomic E-state index is 5.56. The molecule has 0 aliphatic rings. The highest BCUT2D eigenvalue weighted by Crippen LogP contribution is 2.27. The second-order valence-electron chi connectivity index (χ2n) is 5.01. The van der Waals surface area contributed by atoms with Crippen molar-refractivity contribution in [1.29, 1.82) is 0 Å². The lowest BCUT2D eigenvalue weighted by Crippen LogP contribution is -2.25. The van der Waals surface area contributed by atoms with Crippen LogP contribution >= 0.6 is 0 Å². The van der Waals surface area contributed by atoms with E-state index in [1.165, 1.54) is 36.0 Å². The Labute approximate surface area is 112 Å². The van der Waals surface area contributed by atoms with Gasteiger partial charge in [0, 0.05) is 6.04 Å². The van der Waals surface area contributed by atoms with Crippen molar-refractivity contribution in [1.82, 2.24) is 5.32 Å². The molecule has 0 bridgehead atoms. The number of nitrogens with one attached hydrogen (secondary N) is 1. The van der Waals surface area contributed by atoms with E-state index in [4.69, 9.17) is 4.74 Å². The Balaban J connectivity index is 2.75. The van der Waals surface area contributed by atoms with E-state index in [1.54, 1.807) is 7.11 Å². The Morgan fingerprint density at radius 2 is 1.94 bits per heavy atom. The molecule has 0 fully saturated rings. The van der Waals surface area contributed by atoms with Crippen molar-refractivity contribution in [3.05, 3.63) is 28.8 Å². The Bertz CT molecular complexity index is 374. The Morgan fingerprint density at radius 1 is 1.22 bits per heavy atom. The molecule has 1 aromatic rings. The van der Waals surface area contributed by atoms with Crippen LogP contribution in [-0.4, -0.2) is 20.2 Å². The minimum atomic E-state index is 0.612. The summed E-state index contributed by atoms with van der Waals surface area (Å²) < 4.78 is 5.56. The summed E-state index contributed by atoms with van der Waals surface area (Å²) in [5.41, 5.74) is 3.90. The third-order valence-corrected chi connectivity index (χ3v) is 3.77. The third-order valence-electron chi connectivity index (χ3n) is 3.77. The highest BCUT2D eigenvalue weighted by atomic mass is 16.5. The fourth-order valence-corrected chi connectivity index (χ4v) is 2.44. The molecule has 0 spiro atoms. The highest BCUT2D eigenvalue weighted by molar-refractivity contribution is 5.45. The number of hydrogen-bond donors (Lipinski definition) is 1. The zero-order valence-corrected chi connectivity index (χ0v) is 12.5. The smallest absolute Gasteiger partial charge is 0.125 e. The van der Waals surface area contributed by atoms with Crippen molar-refractivity contribution < 1.29 is 4.74 Å². The molecular weight excluding hydrogens is 222 g/mol. The van der Waals surface area contributed by atoms with Crippen molar-refractivity contribution in [2.24, 2.45) is 0 Å². The monoisotopic (exact) mass is 249 g/mol. The molecule has 0 aromatic heterocycles. The number of hydrogen-bond acceptors (Lipinski definition) is 2. The second-order valence-corrected chi connectivity index (χ2v) is 5.01. The van der Waals surface area contributed by atoms with Crippen molar-refractivity contribution in [3.8, 4) is 5.75 Å². The van der Waals surface area contributed by atoms with Gasteiger partial charge in [-0.3, -0.25) is 0 Å². The van der Waals surface area contributed by atoms with E-state index in [2.05, 4.69) is 45.3 Å². The van der Waals surface area contributed by atoms with Crippen LogP contribution in [-0.2, 0) is 6.42 Å². The van der Waals surface area contributed by atoms with Gasteiger partial charge in [-0.15, -0.1) is 0 Å². The summed E-state index contributed by atoms with van der Waals surface area (Å²) in [6.07, 6.45) is 4.72. The minimum Gasteiger partial charge on any atom is -0.496 e. The molecule has 0 saturated carbocycles. The predicted molar refractivity (Wildman–Crippen MR) is 78.5 cm³/mol. The molecule has 102 valence electrons. The molecule has 1 N–H and O–H groups in total. The maximum Gasteiger partial charge on any atom is 0.125 e. The average Bonchev–Trinajstić information content (AvgIpc) is 2.38. The summed E-state index contributed by atoms with van der Waals surface area (Å²) >= 11 is 0. The van der Waals surface area contributed by atoms with Crippen LogP contribution in [0.1, 0.15) is 42.9 Å². The van der Waals surface area contributed by atoms with Gasteiger partial charge in [0.15, 0.2) is 0 Å². The number of benzene rings is 1. The molecule has 0 saturated heterocycles. The number of rotatable bonds is 7. The molecule has 1 unspecified atom stereocenters. The molecule has 1 rings (SSSR count). The van der Waals surface area contributed by atoms with E-state index in [9.17, 15) is 0 Å². The van der Waals surface area contributed by atoms with E-state index in [0.29, 0.717) is 6.04 Å². The third kappa shape index (κ3) is 3.74. The van der Waals surface area contributed by atoms with Crippen LogP contribution in [0, 0.1) is 13.8 Å². The molecular formula is C16H27NO. The summed E-state index contributed by atoms with van der Waals surface area (Å²) in [6.45, 7) is 6.51. The van der Waals surface area contributed by atoms with Gasteiger partial charge < -0.3 is 10.1 Å². The lowest BCUT2D eigenvalue weighted by Gasteiger charge is -2.17. The van der Waals surface area contributed by atoms with Crippen molar-refractivity contribution in [2.75, 3.05) is 14.2 Å². The summed E-state index contributed by atoms with van der Waals surface area (Å²) in [7, 11) is 3.82.